The maximum absolute atomic E-state index is 12.7. The molecule has 0 bridgehead atoms. The molecule has 9 heteroatoms. The Bertz CT molecular complexity index is 1260. The number of ether oxygens (including phenoxy) is 1. The van der Waals surface area contributed by atoms with Gasteiger partial charge >= 0.3 is 12.1 Å². The summed E-state index contributed by atoms with van der Waals surface area (Å²) in [6.07, 6.45) is 0.224. The summed E-state index contributed by atoms with van der Waals surface area (Å²) >= 11 is 0. The molecule has 1 unspecified atom stereocenters. The van der Waals surface area contributed by atoms with Crippen LogP contribution >= 0.6 is 0 Å². The zero-order valence-electron chi connectivity index (χ0n) is 18.8. The quantitative estimate of drug-likeness (QED) is 0.376. The van der Waals surface area contributed by atoms with Gasteiger partial charge in [-0.3, -0.25) is 14.4 Å². The van der Waals surface area contributed by atoms with Gasteiger partial charge in [-0.15, -0.1) is 0 Å². The summed E-state index contributed by atoms with van der Waals surface area (Å²) < 4.78 is 5.48. The lowest BCUT2D eigenvalue weighted by Gasteiger charge is -2.19. The fourth-order valence-corrected chi connectivity index (χ4v) is 4.23. The van der Waals surface area contributed by atoms with Gasteiger partial charge < -0.3 is 25.5 Å². The van der Waals surface area contributed by atoms with E-state index in [1.54, 1.807) is 6.07 Å². The average molecular weight is 476 g/mol. The molecule has 3 aromatic rings. The molecule has 2 amide bonds. The second kappa shape index (κ2) is 10.7. The number of carboxylic acid groups (broad SMARTS) is 1. The lowest BCUT2D eigenvalue weighted by molar-refractivity contribution is -0.137. The zero-order valence-corrected chi connectivity index (χ0v) is 18.8. The Kier molecular flexibility index (Phi) is 7.25. The van der Waals surface area contributed by atoms with Crippen LogP contribution in [-0.4, -0.2) is 40.7 Å². The van der Waals surface area contributed by atoms with Gasteiger partial charge in [0.15, 0.2) is 0 Å². The van der Waals surface area contributed by atoms with E-state index in [1.165, 1.54) is 12.3 Å². The third-order valence-corrected chi connectivity index (χ3v) is 5.91. The number of H-pyrrole nitrogens is 1. The molecule has 0 radical (unpaired) electrons. The van der Waals surface area contributed by atoms with Crippen LogP contribution in [0.2, 0.25) is 0 Å². The molecule has 1 atom stereocenters. The molecule has 0 aliphatic heterocycles. The van der Waals surface area contributed by atoms with Crippen LogP contribution in [0.3, 0.4) is 0 Å². The highest BCUT2D eigenvalue weighted by molar-refractivity contribution is 5.86. The van der Waals surface area contributed by atoms with E-state index >= 15 is 0 Å². The van der Waals surface area contributed by atoms with E-state index in [1.807, 2.05) is 48.5 Å². The molecule has 0 spiro atoms. The van der Waals surface area contributed by atoms with Crippen molar-refractivity contribution < 1.29 is 24.2 Å². The third kappa shape index (κ3) is 5.75. The first-order valence-electron chi connectivity index (χ1n) is 11.2. The van der Waals surface area contributed by atoms with Crippen molar-refractivity contribution in [2.24, 2.45) is 0 Å². The molecule has 0 saturated heterocycles. The third-order valence-electron chi connectivity index (χ3n) is 5.91. The highest BCUT2D eigenvalue weighted by atomic mass is 16.5. The fraction of sp³-hybridized carbons (Fsp3) is 0.231. The average Bonchev–Trinajstić information content (AvgIpc) is 3.17. The van der Waals surface area contributed by atoms with Crippen molar-refractivity contribution in [1.82, 2.24) is 15.6 Å². The van der Waals surface area contributed by atoms with Crippen LogP contribution in [0.1, 0.15) is 35.4 Å². The number of rotatable bonds is 9. The molecule has 1 heterocycles. The van der Waals surface area contributed by atoms with Crippen LogP contribution in [0.25, 0.3) is 11.1 Å². The molecular formula is C26H25N3O6. The summed E-state index contributed by atoms with van der Waals surface area (Å²) in [6.45, 7) is 0.124. The van der Waals surface area contributed by atoms with Gasteiger partial charge in [-0.05, 0) is 40.3 Å². The number of amides is 2. The van der Waals surface area contributed by atoms with Gasteiger partial charge in [-0.25, -0.2) is 4.79 Å². The van der Waals surface area contributed by atoms with E-state index in [2.05, 4.69) is 15.6 Å². The molecule has 4 rings (SSSR count). The van der Waals surface area contributed by atoms with E-state index in [4.69, 9.17) is 9.84 Å². The largest absolute Gasteiger partial charge is 0.481 e. The lowest BCUT2D eigenvalue weighted by Crippen LogP contribution is -2.47. The Hall–Kier alpha value is -4.40. The minimum Gasteiger partial charge on any atom is -0.481 e. The number of hydrogen-bond donors (Lipinski definition) is 4. The predicted molar refractivity (Wildman–Crippen MR) is 128 cm³/mol. The number of alkyl carbamates (subject to hydrolysis) is 1. The standard InChI is InChI=1S/C26H25N3O6/c30-23-13-16(11-12-27-23)14-28-25(33)22(9-10-24(31)32)29-26(34)35-15-21-19-7-3-1-5-17(19)18-6-2-4-8-20(18)21/h1-8,11-13,21-22H,9-10,14-15H2,(H,27,30)(H,28,33)(H,29,34)(H,31,32). The van der Waals surface area contributed by atoms with Crippen molar-refractivity contribution in [3.63, 3.8) is 0 Å². The predicted octanol–water partition coefficient (Wildman–Crippen LogP) is 2.76. The number of aliphatic carboxylic acids is 1. The monoisotopic (exact) mass is 475 g/mol. The van der Waals surface area contributed by atoms with E-state index < -0.39 is 24.0 Å². The molecule has 0 saturated carbocycles. The number of fused-ring (bicyclic) bond motifs is 3. The number of pyridine rings is 1. The Morgan fingerprint density at radius 2 is 1.66 bits per heavy atom. The Balaban J connectivity index is 1.39. The number of hydrogen-bond acceptors (Lipinski definition) is 5. The van der Waals surface area contributed by atoms with Gasteiger partial charge in [-0.2, -0.15) is 0 Å². The summed E-state index contributed by atoms with van der Waals surface area (Å²) in [4.78, 5) is 50.2. The van der Waals surface area contributed by atoms with Crippen molar-refractivity contribution in [2.45, 2.75) is 31.3 Å². The molecule has 35 heavy (non-hydrogen) atoms. The number of aromatic amines is 1. The van der Waals surface area contributed by atoms with Crippen molar-refractivity contribution in [2.75, 3.05) is 6.61 Å². The number of carbonyl (C=O) groups excluding carboxylic acids is 2. The molecule has 180 valence electrons. The maximum Gasteiger partial charge on any atom is 0.407 e. The highest BCUT2D eigenvalue weighted by Gasteiger charge is 2.30. The van der Waals surface area contributed by atoms with Gasteiger partial charge in [0.1, 0.15) is 12.6 Å². The van der Waals surface area contributed by atoms with Crippen LogP contribution in [0.5, 0.6) is 0 Å². The summed E-state index contributed by atoms with van der Waals surface area (Å²) in [5.74, 6) is -1.80. The first kappa shape index (κ1) is 23.7. The molecule has 9 nitrogen and oxygen atoms in total. The topological polar surface area (TPSA) is 138 Å². The summed E-state index contributed by atoms with van der Waals surface area (Å²) in [5.41, 5.74) is 4.56. The zero-order chi connectivity index (χ0) is 24.8. The van der Waals surface area contributed by atoms with Gasteiger partial charge in [0, 0.05) is 31.1 Å². The number of benzene rings is 2. The first-order chi connectivity index (χ1) is 16.9. The van der Waals surface area contributed by atoms with Gasteiger partial charge in [0.05, 0.1) is 0 Å². The van der Waals surface area contributed by atoms with Gasteiger partial charge in [0.25, 0.3) is 0 Å². The maximum atomic E-state index is 12.7. The molecule has 1 aromatic heterocycles. The lowest BCUT2D eigenvalue weighted by atomic mass is 9.98. The van der Waals surface area contributed by atoms with E-state index in [9.17, 15) is 19.2 Å². The van der Waals surface area contributed by atoms with E-state index in [0.29, 0.717) is 5.56 Å². The van der Waals surface area contributed by atoms with Crippen LogP contribution in [-0.2, 0) is 20.9 Å². The van der Waals surface area contributed by atoms with Gasteiger partial charge in [-0.1, -0.05) is 48.5 Å². The fourth-order valence-electron chi connectivity index (χ4n) is 4.23. The van der Waals surface area contributed by atoms with Crippen LogP contribution in [0.4, 0.5) is 4.79 Å². The SMILES string of the molecule is O=C(O)CCC(NC(=O)OCC1c2ccccc2-c2ccccc21)C(=O)NCc1cc[nH]c(=O)c1. The van der Waals surface area contributed by atoms with Crippen LogP contribution in [0.15, 0.2) is 71.7 Å². The summed E-state index contributed by atoms with van der Waals surface area (Å²) in [7, 11) is 0. The summed E-state index contributed by atoms with van der Waals surface area (Å²) in [6, 6.07) is 17.7. The Morgan fingerprint density at radius 1 is 1.00 bits per heavy atom. The van der Waals surface area contributed by atoms with Gasteiger partial charge in [0.2, 0.25) is 11.5 Å². The molecule has 1 aliphatic rings. The minimum atomic E-state index is -1.11. The van der Waals surface area contributed by atoms with Crippen molar-refractivity contribution in [3.8, 4) is 11.1 Å². The number of carbonyl (C=O) groups is 3. The highest BCUT2D eigenvalue weighted by Crippen LogP contribution is 2.44. The second-order valence-corrected chi connectivity index (χ2v) is 8.23. The smallest absolute Gasteiger partial charge is 0.407 e. The normalized spacial score (nSPS) is 12.8. The number of carboxylic acids is 1. The summed E-state index contributed by atoms with van der Waals surface area (Å²) in [5, 5.41) is 14.1. The number of nitrogens with one attached hydrogen (secondary N) is 3. The molecule has 1 aliphatic carbocycles. The Morgan fingerprint density at radius 3 is 2.29 bits per heavy atom. The van der Waals surface area contributed by atoms with Crippen LogP contribution in [0, 0.1) is 0 Å². The molecular weight excluding hydrogens is 450 g/mol. The number of aromatic nitrogens is 1. The molecule has 0 fully saturated rings. The van der Waals surface area contributed by atoms with Crippen LogP contribution < -0.4 is 16.2 Å². The molecule has 4 N–H and O–H groups in total. The second-order valence-electron chi connectivity index (χ2n) is 8.23. The molecule has 2 aromatic carbocycles. The van der Waals surface area contributed by atoms with E-state index in [-0.39, 0.29) is 37.5 Å². The van der Waals surface area contributed by atoms with E-state index in [0.717, 1.165) is 22.3 Å². The first-order valence-corrected chi connectivity index (χ1v) is 11.2. The van der Waals surface area contributed by atoms with Crippen molar-refractivity contribution >= 4 is 18.0 Å². The van der Waals surface area contributed by atoms with Crippen molar-refractivity contribution in [3.05, 3.63) is 93.9 Å². The Labute approximate surface area is 201 Å². The minimum absolute atomic E-state index is 0.0543. The van der Waals surface area contributed by atoms with Crippen molar-refractivity contribution in [1.29, 1.82) is 0 Å².